The minimum Gasteiger partial charge on any atom is -0.464 e. The Morgan fingerprint density at radius 3 is 2.36 bits per heavy atom. The van der Waals surface area contributed by atoms with Gasteiger partial charge in [-0.3, -0.25) is 0 Å². The van der Waals surface area contributed by atoms with Crippen LogP contribution in [0.5, 0.6) is 5.75 Å². The SMILES string of the molecule is CC.CCC1c2cccc3c(OC(OC4CC5CC4C4CCCC54)C(C)C)ccc(c23)C1C(C)(C)C. The van der Waals surface area contributed by atoms with Gasteiger partial charge in [0.05, 0.1) is 6.10 Å². The van der Waals surface area contributed by atoms with Gasteiger partial charge in [-0.25, -0.2) is 0 Å². The molecule has 0 heterocycles. The van der Waals surface area contributed by atoms with Gasteiger partial charge < -0.3 is 9.47 Å². The van der Waals surface area contributed by atoms with E-state index < -0.39 is 0 Å². The second-order valence-corrected chi connectivity index (χ2v) is 13.3. The lowest BCUT2D eigenvalue weighted by Crippen LogP contribution is -2.37. The molecule has 0 amide bonds. The van der Waals surface area contributed by atoms with Gasteiger partial charge in [-0.2, -0.15) is 0 Å². The van der Waals surface area contributed by atoms with Crippen molar-refractivity contribution in [3.05, 3.63) is 41.5 Å². The third-order valence-electron chi connectivity index (χ3n) is 10.0. The molecule has 8 atom stereocenters. The molecular formula is C34H50O2. The number of hydrogen-bond donors (Lipinski definition) is 0. The van der Waals surface area contributed by atoms with E-state index in [9.17, 15) is 0 Å². The Morgan fingerprint density at radius 2 is 1.67 bits per heavy atom. The zero-order chi connectivity index (χ0) is 25.8. The highest BCUT2D eigenvalue weighted by Gasteiger charge is 2.55. The topological polar surface area (TPSA) is 18.5 Å². The van der Waals surface area contributed by atoms with E-state index in [4.69, 9.17) is 9.47 Å². The second kappa shape index (κ2) is 9.97. The van der Waals surface area contributed by atoms with Crippen LogP contribution in [0.25, 0.3) is 10.8 Å². The van der Waals surface area contributed by atoms with Crippen LogP contribution in [-0.4, -0.2) is 12.4 Å². The van der Waals surface area contributed by atoms with Crippen LogP contribution >= 0.6 is 0 Å². The van der Waals surface area contributed by atoms with E-state index >= 15 is 0 Å². The van der Waals surface area contributed by atoms with Crippen LogP contribution in [0.4, 0.5) is 0 Å². The van der Waals surface area contributed by atoms with Crippen LogP contribution in [-0.2, 0) is 4.74 Å². The van der Waals surface area contributed by atoms with Crippen LogP contribution in [0.2, 0.25) is 0 Å². The minimum atomic E-state index is -0.178. The Balaban J connectivity index is 0.00000130. The average molecular weight is 491 g/mol. The van der Waals surface area contributed by atoms with Crippen LogP contribution < -0.4 is 4.74 Å². The fraction of sp³-hybridized carbons (Fsp3) is 0.706. The fourth-order valence-electron chi connectivity index (χ4n) is 8.81. The zero-order valence-electron chi connectivity index (χ0n) is 24.1. The van der Waals surface area contributed by atoms with Gasteiger partial charge >= 0.3 is 0 Å². The van der Waals surface area contributed by atoms with Crippen LogP contribution in [0, 0.1) is 35.0 Å². The summed E-state index contributed by atoms with van der Waals surface area (Å²) in [6.45, 7) is 18.0. The molecule has 0 spiro atoms. The highest BCUT2D eigenvalue weighted by molar-refractivity contribution is 5.96. The maximum absolute atomic E-state index is 6.84. The van der Waals surface area contributed by atoms with E-state index in [0.717, 1.165) is 29.4 Å². The zero-order valence-corrected chi connectivity index (χ0v) is 24.1. The van der Waals surface area contributed by atoms with Crippen molar-refractivity contribution in [2.24, 2.45) is 35.0 Å². The molecule has 0 saturated heterocycles. The molecule has 2 nitrogen and oxygen atoms in total. The molecular weight excluding hydrogens is 440 g/mol. The quantitative estimate of drug-likeness (QED) is 0.375. The normalized spacial score (nSPS) is 33.1. The molecule has 36 heavy (non-hydrogen) atoms. The van der Waals surface area contributed by atoms with Crippen molar-refractivity contribution in [2.45, 2.75) is 118 Å². The number of ether oxygens (including phenoxy) is 2. The largest absolute Gasteiger partial charge is 0.464 e. The Hall–Kier alpha value is -1.54. The molecule has 2 heteroatoms. The van der Waals surface area contributed by atoms with Crippen molar-refractivity contribution >= 4 is 10.8 Å². The van der Waals surface area contributed by atoms with E-state index in [-0.39, 0.29) is 11.7 Å². The van der Waals surface area contributed by atoms with Gasteiger partial charge in [-0.05, 0) is 95.6 Å². The molecule has 2 aromatic rings. The summed E-state index contributed by atoms with van der Waals surface area (Å²) in [6, 6.07) is 11.5. The predicted octanol–water partition coefficient (Wildman–Crippen LogP) is 9.71. The summed E-state index contributed by atoms with van der Waals surface area (Å²) < 4.78 is 13.6. The predicted molar refractivity (Wildman–Crippen MR) is 152 cm³/mol. The summed E-state index contributed by atoms with van der Waals surface area (Å²) >= 11 is 0. The first kappa shape index (κ1) is 26.1. The highest BCUT2D eigenvalue weighted by atomic mass is 16.7. The number of hydrogen-bond acceptors (Lipinski definition) is 2. The van der Waals surface area contributed by atoms with Crippen molar-refractivity contribution < 1.29 is 9.47 Å². The summed E-state index contributed by atoms with van der Waals surface area (Å²) in [5, 5.41) is 2.72. The first-order valence-corrected chi connectivity index (χ1v) is 15.2. The van der Waals surface area contributed by atoms with E-state index in [1.807, 2.05) is 13.8 Å². The van der Waals surface area contributed by atoms with E-state index in [0.29, 0.717) is 23.9 Å². The van der Waals surface area contributed by atoms with Gasteiger partial charge in [0.2, 0.25) is 6.29 Å². The fourth-order valence-corrected chi connectivity index (χ4v) is 8.81. The Morgan fingerprint density at radius 1 is 0.917 bits per heavy atom. The highest BCUT2D eigenvalue weighted by Crippen LogP contribution is 2.60. The van der Waals surface area contributed by atoms with Gasteiger partial charge in [-0.1, -0.05) is 86.1 Å². The lowest BCUT2D eigenvalue weighted by molar-refractivity contribution is -0.162. The van der Waals surface area contributed by atoms with Gasteiger partial charge in [0.25, 0.3) is 0 Å². The summed E-state index contributed by atoms with van der Waals surface area (Å²) in [5.74, 6) is 6.07. The summed E-state index contributed by atoms with van der Waals surface area (Å²) in [6.07, 6.45) is 8.39. The Kier molecular flexibility index (Phi) is 7.22. The molecule has 6 rings (SSSR count). The molecule has 2 aromatic carbocycles. The van der Waals surface area contributed by atoms with E-state index in [1.54, 1.807) is 0 Å². The minimum absolute atomic E-state index is 0.178. The molecule has 0 N–H and O–H groups in total. The first-order chi connectivity index (χ1) is 17.3. The molecule has 3 saturated carbocycles. The molecule has 0 radical (unpaired) electrons. The monoisotopic (exact) mass is 490 g/mol. The molecule has 0 aliphatic heterocycles. The van der Waals surface area contributed by atoms with Crippen LogP contribution in [0.1, 0.15) is 117 Å². The standard InChI is InChI=1S/C32H44O2.C2H6/c1-7-20-23-12-9-13-24-27(15-14-25(29(23)24)30(20)32(4,5)6)33-31(18(2)3)34-28-17-19-16-26(28)22-11-8-10-21(19)22;1-2/h9,12-15,18-22,26,28,30-31H,7-8,10-11,16-17H2,1-6H3;1-2H3. The molecule has 0 aromatic heterocycles. The van der Waals surface area contributed by atoms with Crippen LogP contribution in [0.3, 0.4) is 0 Å². The van der Waals surface area contributed by atoms with Gasteiger partial charge in [0, 0.05) is 11.3 Å². The Labute approximate surface area is 220 Å². The molecule has 3 fully saturated rings. The lowest BCUT2D eigenvalue weighted by Gasteiger charge is -2.35. The van der Waals surface area contributed by atoms with Crippen molar-refractivity contribution in [2.75, 3.05) is 0 Å². The Bertz CT molecular complexity index is 1060. The van der Waals surface area contributed by atoms with Crippen molar-refractivity contribution in [3.8, 4) is 5.75 Å². The molecule has 4 aliphatic rings. The summed E-state index contributed by atoms with van der Waals surface area (Å²) in [7, 11) is 0. The van der Waals surface area contributed by atoms with Crippen molar-refractivity contribution in [1.29, 1.82) is 0 Å². The molecule has 198 valence electrons. The van der Waals surface area contributed by atoms with Gasteiger partial charge in [0.15, 0.2) is 0 Å². The average Bonchev–Trinajstić information content (AvgIpc) is 3.61. The lowest BCUT2D eigenvalue weighted by atomic mass is 9.71. The number of benzene rings is 2. The number of rotatable bonds is 6. The van der Waals surface area contributed by atoms with Gasteiger partial charge in [-0.15, -0.1) is 0 Å². The van der Waals surface area contributed by atoms with Crippen molar-refractivity contribution in [1.82, 2.24) is 0 Å². The maximum Gasteiger partial charge on any atom is 0.202 e. The van der Waals surface area contributed by atoms with Crippen molar-refractivity contribution in [3.63, 3.8) is 0 Å². The van der Waals surface area contributed by atoms with E-state index in [2.05, 4.69) is 71.9 Å². The molecule has 8 unspecified atom stereocenters. The van der Waals surface area contributed by atoms with E-state index in [1.165, 1.54) is 60.4 Å². The third kappa shape index (κ3) is 4.20. The smallest absolute Gasteiger partial charge is 0.202 e. The molecule has 2 bridgehead atoms. The third-order valence-corrected chi connectivity index (χ3v) is 10.0. The number of fused-ring (bicyclic) bond motifs is 5. The van der Waals surface area contributed by atoms with Gasteiger partial charge in [0.1, 0.15) is 5.75 Å². The molecule has 4 aliphatic carbocycles. The summed E-state index contributed by atoms with van der Waals surface area (Å²) in [5.41, 5.74) is 3.26. The summed E-state index contributed by atoms with van der Waals surface area (Å²) in [4.78, 5) is 0. The first-order valence-electron chi connectivity index (χ1n) is 15.2. The van der Waals surface area contributed by atoms with Crippen LogP contribution in [0.15, 0.2) is 30.3 Å². The maximum atomic E-state index is 6.84. The second-order valence-electron chi connectivity index (χ2n) is 13.3.